The molecule has 88 valence electrons. The SMILES string of the molecule is C[C@@H]1CC[C@H](N(C(=O)O)C(C)(C)C)CN1. The van der Waals surface area contributed by atoms with E-state index in [2.05, 4.69) is 12.2 Å². The van der Waals surface area contributed by atoms with Gasteiger partial charge in [-0.15, -0.1) is 0 Å². The molecule has 0 aromatic carbocycles. The van der Waals surface area contributed by atoms with E-state index in [9.17, 15) is 9.90 Å². The van der Waals surface area contributed by atoms with Crippen LogP contribution in [0.25, 0.3) is 0 Å². The Morgan fingerprint density at radius 1 is 1.40 bits per heavy atom. The molecule has 4 nitrogen and oxygen atoms in total. The molecular formula is C11H22N2O2. The van der Waals surface area contributed by atoms with Gasteiger partial charge in [0, 0.05) is 24.2 Å². The van der Waals surface area contributed by atoms with E-state index in [1.165, 1.54) is 0 Å². The summed E-state index contributed by atoms with van der Waals surface area (Å²) in [4.78, 5) is 12.8. The van der Waals surface area contributed by atoms with Crippen LogP contribution in [0, 0.1) is 0 Å². The maximum absolute atomic E-state index is 11.2. The Balaban J connectivity index is 2.69. The molecule has 1 fully saturated rings. The van der Waals surface area contributed by atoms with Crippen molar-refractivity contribution in [2.75, 3.05) is 6.54 Å². The lowest BCUT2D eigenvalue weighted by atomic mass is 9.96. The van der Waals surface area contributed by atoms with Gasteiger partial charge >= 0.3 is 6.09 Å². The molecule has 1 saturated heterocycles. The summed E-state index contributed by atoms with van der Waals surface area (Å²) in [6.45, 7) is 8.74. The van der Waals surface area contributed by atoms with E-state index in [0.717, 1.165) is 19.4 Å². The summed E-state index contributed by atoms with van der Waals surface area (Å²) in [5, 5.41) is 12.6. The van der Waals surface area contributed by atoms with E-state index < -0.39 is 6.09 Å². The minimum Gasteiger partial charge on any atom is -0.465 e. The highest BCUT2D eigenvalue weighted by atomic mass is 16.4. The summed E-state index contributed by atoms with van der Waals surface area (Å²) < 4.78 is 0. The molecule has 1 aliphatic heterocycles. The van der Waals surface area contributed by atoms with Gasteiger partial charge in [-0.05, 0) is 40.5 Å². The van der Waals surface area contributed by atoms with Crippen molar-refractivity contribution in [2.45, 2.75) is 58.2 Å². The van der Waals surface area contributed by atoms with Gasteiger partial charge in [-0.25, -0.2) is 4.79 Å². The number of amides is 1. The number of piperidine rings is 1. The Labute approximate surface area is 91.6 Å². The molecule has 1 rings (SSSR count). The first kappa shape index (κ1) is 12.3. The van der Waals surface area contributed by atoms with Gasteiger partial charge in [0.1, 0.15) is 0 Å². The van der Waals surface area contributed by atoms with Gasteiger partial charge in [-0.2, -0.15) is 0 Å². The molecule has 0 saturated carbocycles. The number of carboxylic acid groups (broad SMARTS) is 1. The third-order valence-corrected chi connectivity index (χ3v) is 2.93. The summed E-state index contributed by atoms with van der Waals surface area (Å²) in [5.41, 5.74) is -0.321. The maximum Gasteiger partial charge on any atom is 0.408 e. The van der Waals surface area contributed by atoms with Gasteiger partial charge < -0.3 is 10.4 Å². The topological polar surface area (TPSA) is 52.6 Å². The summed E-state index contributed by atoms with van der Waals surface area (Å²) in [6.07, 6.45) is 1.19. The molecule has 0 bridgehead atoms. The fourth-order valence-corrected chi connectivity index (χ4v) is 2.19. The van der Waals surface area contributed by atoms with Crippen LogP contribution in [0.4, 0.5) is 4.79 Å². The lowest BCUT2D eigenvalue weighted by Gasteiger charge is -2.42. The van der Waals surface area contributed by atoms with Crippen molar-refractivity contribution < 1.29 is 9.90 Å². The zero-order chi connectivity index (χ0) is 11.6. The van der Waals surface area contributed by atoms with E-state index in [1.807, 2.05) is 20.8 Å². The van der Waals surface area contributed by atoms with Crippen molar-refractivity contribution in [3.8, 4) is 0 Å². The first-order valence-electron chi connectivity index (χ1n) is 5.58. The van der Waals surface area contributed by atoms with E-state index >= 15 is 0 Å². The van der Waals surface area contributed by atoms with Crippen LogP contribution >= 0.6 is 0 Å². The van der Waals surface area contributed by atoms with Crippen LogP contribution < -0.4 is 5.32 Å². The minimum atomic E-state index is -0.816. The predicted octanol–water partition coefficient (Wildman–Crippen LogP) is 1.91. The van der Waals surface area contributed by atoms with Crippen molar-refractivity contribution >= 4 is 6.09 Å². The van der Waals surface area contributed by atoms with Gasteiger partial charge in [0.05, 0.1) is 0 Å². The minimum absolute atomic E-state index is 0.110. The fraction of sp³-hybridized carbons (Fsp3) is 0.909. The summed E-state index contributed by atoms with van der Waals surface area (Å²) >= 11 is 0. The zero-order valence-corrected chi connectivity index (χ0v) is 10.1. The van der Waals surface area contributed by atoms with E-state index in [1.54, 1.807) is 4.90 Å². The summed E-state index contributed by atoms with van der Waals surface area (Å²) in [7, 11) is 0. The van der Waals surface area contributed by atoms with Crippen LogP contribution in [0.1, 0.15) is 40.5 Å². The molecule has 0 aromatic heterocycles. The van der Waals surface area contributed by atoms with Crippen molar-refractivity contribution in [3.05, 3.63) is 0 Å². The first-order valence-corrected chi connectivity index (χ1v) is 5.58. The van der Waals surface area contributed by atoms with Crippen LogP contribution in [0.15, 0.2) is 0 Å². The summed E-state index contributed by atoms with van der Waals surface area (Å²) in [6, 6.07) is 0.621. The number of hydrogen-bond donors (Lipinski definition) is 2. The number of nitrogens with one attached hydrogen (secondary N) is 1. The van der Waals surface area contributed by atoms with Crippen LogP contribution in [-0.2, 0) is 0 Å². The first-order chi connectivity index (χ1) is 6.82. The highest BCUT2D eigenvalue weighted by Crippen LogP contribution is 2.22. The second-order valence-electron chi connectivity index (χ2n) is 5.36. The van der Waals surface area contributed by atoms with Crippen LogP contribution in [-0.4, -0.2) is 40.3 Å². The van der Waals surface area contributed by atoms with Crippen molar-refractivity contribution in [1.82, 2.24) is 10.2 Å². The highest BCUT2D eigenvalue weighted by molar-refractivity contribution is 5.66. The Bertz CT molecular complexity index is 227. The third kappa shape index (κ3) is 3.09. The molecule has 2 atom stereocenters. The molecule has 0 aromatic rings. The van der Waals surface area contributed by atoms with Crippen molar-refractivity contribution in [1.29, 1.82) is 0 Å². The number of rotatable bonds is 1. The second-order valence-corrected chi connectivity index (χ2v) is 5.36. The smallest absolute Gasteiger partial charge is 0.408 e. The average Bonchev–Trinajstić information content (AvgIpc) is 2.05. The molecule has 0 spiro atoms. The number of carbonyl (C=O) groups is 1. The standard InChI is InChI=1S/C11H22N2O2/c1-8-5-6-9(7-12-8)13(10(14)15)11(2,3)4/h8-9,12H,5-7H2,1-4H3,(H,14,15)/t8-,9+/m1/s1. The van der Waals surface area contributed by atoms with E-state index in [0.29, 0.717) is 6.04 Å². The Morgan fingerprint density at radius 3 is 2.33 bits per heavy atom. The molecular weight excluding hydrogens is 192 g/mol. The lowest BCUT2D eigenvalue weighted by Crippen LogP contribution is -2.57. The van der Waals surface area contributed by atoms with Crippen molar-refractivity contribution in [2.24, 2.45) is 0 Å². The van der Waals surface area contributed by atoms with Gasteiger partial charge in [-0.1, -0.05) is 0 Å². The Hall–Kier alpha value is -0.770. The molecule has 0 radical (unpaired) electrons. The Kier molecular flexibility index (Phi) is 3.60. The van der Waals surface area contributed by atoms with Crippen LogP contribution in [0.2, 0.25) is 0 Å². The molecule has 1 amide bonds. The van der Waals surface area contributed by atoms with Gasteiger partial charge in [0.2, 0.25) is 0 Å². The molecule has 0 aliphatic carbocycles. The second kappa shape index (κ2) is 4.39. The number of nitrogens with zero attached hydrogens (tertiary/aromatic N) is 1. The van der Waals surface area contributed by atoms with Gasteiger partial charge in [-0.3, -0.25) is 4.90 Å². The van der Waals surface area contributed by atoms with E-state index in [4.69, 9.17) is 0 Å². The lowest BCUT2D eigenvalue weighted by molar-refractivity contribution is 0.0577. The molecule has 4 heteroatoms. The number of hydrogen-bond acceptors (Lipinski definition) is 2. The zero-order valence-electron chi connectivity index (χ0n) is 10.1. The van der Waals surface area contributed by atoms with E-state index in [-0.39, 0.29) is 11.6 Å². The molecule has 15 heavy (non-hydrogen) atoms. The van der Waals surface area contributed by atoms with Gasteiger partial charge in [0.15, 0.2) is 0 Å². The van der Waals surface area contributed by atoms with Crippen LogP contribution in [0.5, 0.6) is 0 Å². The molecule has 1 heterocycles. The van der Waals surface area contributed by atoms with Gasteiger partial charge in [0.25, 0.3) is 0 Å². The third-order valence-electron chi connectivity index (χ3n) is 2.93. The molecule has 1 aliphatic rings. The monoisotopic (exact) mass is 214 g/mol. The highest BCUT2D eigenvalue weighted by Gasteiger charge is 2.34. The maximum atomic E-state index is 11.2. The van der Waals surface area contributed by atoms with Crippen molar-refractivity contribution in [3.63, 3.8) is 0 Å². The largest absolute Gasteiger partial charge is 0.465 e. The Morgan fingerprint density at radius 2 is 2.00 bits per heavy atom. The molecule has 0 unspecified atom stereocenters. The van der Waals surface area contributed by atoms with Crippen LogP contribution in [0.3, 0.4) is 0 Å². The fourth-order valence-electron chi connectivity index (χ4n) is 2.19. The molecule has 2 N–H and O–H groups in total. The quantitative estimate of drug-likeness (QED) is 0.701. The average molecular weight is 214 g/mol. The predicted molar refractivity (Wildman–Crippen MR) is 60.1 cm³/mol. The summed E-state index contributed by atoms with van der Waals surface area (Å²) in [5.74, 6) is 0. The normalized spacial score (nSPS) is 27.5.